The molecular weight excluding hydrogens is 194 g/mol. The van der Waals surface area contributed by atoms with Crippen molar-refractivity contribution in [2.45, 2.75) is 10.5 Å². The van der Waals surface area contributed by atoms with Crippen LogP contribution in [0.1, 0.15) is 10.8 Å². The summed E-state index contributed by atoms with van der Waals surface area (Å²) in [6.45, 7) is 2.47. The SMILES string of the molecule is NCC(SC1COC1)c1ccccc1. The fourth-order valence-electron chi connectivity index (χ4n) is 1.46. The molecule has 1 aliphatic rings. The number of hydrogen-bond donors (Lipinski definition) is 1. The van der Waals surface area contributed by atoms with E-state index in [0.717, 1.165) is 13.2 Å². The minimum absolute atomic E-state index is 0.421. The van der Waals surface area contributed by atoms with Gasteiger partial charge in [-0.05, 0) is 5.56 Å². The van der Waals surface area contributed by atoms with Crippen molar-refractivity contribution in [1.82, 2.24) is 0 Å². The molecule has 1 saturated heterocycles. The molecule has 1 fully saturated rings. The fourth-order valence-corrected chi connectivity index (χ4v) is 2.70. The molecule has 14 heavy (non-hydrogen) atoms. The normalized spacial score (nSPS) is 18.9. The smallest absolute Gasteiger partial charge is 0.0608 e. The van der Waals surface area contributed by atoms with Crippen molar-refractivity contribution in [1.29, 1.82) is 0 Å². The lowest BCUT2D eigenvalue weighted by Gasteiger charge is -2.29. The van der Waals surface area contributed by atoms with Crippen LogP contribution in [0.2, 0.25) is 0 Å². The molecule has 2 N–H and O–H groups in total. The quantitative estimate of drug-likeness (QED) is 0.821. The highest BCUT2D eigenvalue weighted by Gasteiger charge is 2.23. The Balaban J connectivity index is 1.98. The topological polar surface area (TPSA) is 35.2 Å². The predicted molar refractivity (Wildman–Crippen MR) is 60.4 cm³/mol. The third-order valence-corrected chi connectivity index (χ3v) is 3.80. The Morgan fingerprint density at radius 2 is 2.07 bits per heavy atom. The van der Waals surface area contributed by atoms with Gasteiger partial charge in [-0.25, -0.2) is 0 Å². The van der Waals surface area contributed by atoms with Crippen LogP contribution < -0.4 is 5.73 Å². The zero-order chi connectivity index (χ0) is 9.80. The van der Waals surface area contributed by atoms with Crippen LogP contribution >= 0.6 is 11.8 Å². The summed E-state index contributed by atoms with van der Waals surface area (Å²) in [4.78, 5) is 0. The van der Waals surface area contributed by atoms with Gasteiger partial charge in [0, 0.05) is 11.8 Å². The van der Waals surface area contributed by atoms with Gasteiger partial charge in [-0.2, -0.15) is 0 Å². The number of benzene rings is 1. The largest absolute Gasteiger partial charge is 0.379 e. The lowest BCUT2D eigenvalue weighted by molar-refractivity contribution is 0.0453. The molecule has 3 heteroatoms. The van der Waals surface area contributed by atoms with E-state index in [1.165, 1.54) is 5.56 Å². The van der Waals surface area contributed by atoms with Crippen molar-refractivity contribution in [3.63, 3.8) is 0 Å². The van der Waals surface area contributed by atoms with Gasteiger partial charge in [0.2, 0.25) is 0 Å². The van der Waals surface area contributed by atoms with Crippen molar-refractivity contribution in [3.05, 3.63) is 35.9 Å². The molecule has 1 heterocycles. The Bertz CT molecular complexity index is 274. The Hall–Kier alpha value is -0.510. The first-order chi connectivity index (χ1) is 6.90. The number of ether oxygens (including phenoxy) is 1. The summed E-state index contributed by atoms with van der Waals surface area (Å²) >= 11 is 1.93. The third kappa shape index (κ3) is 2.29. The van der Waals surface area contributed by atoms with Gasteiger partial charge < -0.3 is 10.5 Å². The highest BCUT2D eigenvalue weighted by atomic mass is 32.2. The molecular formula is C11H15NOS. The van der Waals surface area contributed by atoms with Crippen LogP contribution in [-0.4, -0.2) is 25.0 Å². The summed E-state index contributed by atoms with van der Waals surface area (Å²) in [7, 11) is 0. The molecule has 1 atom stereocenters. The standard InChI is InChI=1S/C11H15NOS/c12-6-11(14-10-7-13-8-10)9-4-2-1-3-5-9/h1-5,10-11H,6-8,12H2. The average molecular weight is 209 g/mol. The molecule has 0 radical (unpaired) electrons. The highest BCUT2D eigenvalue weighted by Crippen LogP contribution is 2.34. The van der Waals surface area contributed by atoms with Crippen molar-refractivity contribution >= 4 is 11.8 Å². The molecule has 1 aromatic rings. The van der Waals surface area contributed by atoms with E-state index in [0.29, 0.717) is 17.0 Å². The van der Waals surface area contributed by atoms with E-state index in [9.17, 15) is 0 Å². The third-order valence-electron chi connectivity index (χ3n) is 2.35. The monoisotopic (exact) mass is 209 g/mol. The predicted octanol–water partition coefficient (Wildman–Crippen LogP) is 1.82. The van der Waals surface area contributed by atoms with Gasteiger partial charge in [-0.1, -0.05) is 30.3 Å². The summed E-state index contributed by atoms with van der Waals surface area (Å²) in [5.41, 5.74) is 7.10. The van der Waals surface area contributed by atoms with E-state index in [4.69, 9.17) is 10.5 Å². The van der Waals surface area contributed by atoms with Crippen LogP contribution in [0.3, 0.4) is 0 Å². The number of nitrogens with two attached hydrogens (primary N) is 1. The van der Waals surface area contributed by atoms with Crippen molar-refractivity contribution in [2.75, 3.05) is 19.8 Å². The van der Waals surface area contributed by atoms with Gasteiger partial charge in [-0.3, -0.25) is 0 Å². The summed E-state index contributed by atoms with van der Waals surface area (Å²) in [6, 6.07) is 10.5. The molecule has 0 aliphatic carbocycles. The molecule has 1 unspecified atom stereocenters. The Morgan fingerprint density at radius 1 is 1.36 bits per heavy atom. The second kappa shape index (κ2) is 4.82. The average Bonchev–Trinajstić information content (AvgIpc) is 2.18. The summed E-state index contributed by atoms with van der Waals surface area (Å²) in [5.74, 6) is 0. The molecule has 1 aliphatic heterocycles. The van der Waals surface area contributed by atoms with Crippen LogP contribution in [0.15, 0.2) is 30.3 Å². The van der Waals surface area contributed by atoms with Gasteiger partial charge in [0.05, 0.1) is 18.5 Å². The van der Waals surface area contributed by atoms with Crippen LogP contribution in [0, 0.1) is 0 Å². The second-order valence-corrected chi connectivity index (χ2v) is 4.94. The number of hydrogen-bond acceptors (Lipinski definition) is 3. The summed E-state index contributed by atoms with van der Waals surface area (Å²) < 4.78 is 5.15. The first-order valence-electron chi connectivity index (χ1n) is 4.88. The molecule has 2 nitrogen and oxygen atoms in total. The Labute approximate surface area is 88.8 Å². The minimum atomic E-state index is 0.421. The number of thioether (sulfide) groups is 1. The molecule has 0 spiro atoms. The Kier molecular flexibility index (Phi) is 3.45. The van der Waals surface area contributed by atoms with Gasteiger partial charge >= 0.3 is 0 Å². The fraction of sp³-hybridized carbons (Fsp3) is 0.455. The lowest BCUT2D eigenvalue weighted by Crippen LogP contribution is -2.32. The van der Waals surface area contributed by atoms with Crippen LogP contribution in [0.25, 0.3) is 0 Å². The van der Waals surface area contributed by atoms with Crippen molar-refractivity contribution < 1.29 is 4.74 Å². The Morgan fingerprint density at radius 3 is 2.57 bits per heavy atom. The maximum absolute atomic E-state index is 5.77. The van der Waals surface area contributed by atoms with Crippen LogP contribution in [0.5, 0.6) is 0 Å². The first kappa shape index (κ1) is 10.0. The van der Waals surface area contributed by atoms with E-state index in [-0.39, 0.29) is 0 Å². The van der Waals surface area contributed by atoms with E-state index in [1.54, 1.807) is 0 Å². The van der Waals surface area contributed by atoms with Gasteiger partial charge in [0.15, 0.2) is 0 Å². The second-order valence-electron chi connectivity index (χ2n) is 3.43. The summed E-state index contributed by atoms with van der Waals surface area (Å²) in [6.07, 6.45) is 0. The summed E-state index contributed by atoms with van der Waals surface area (Å²) in [5, 5.41) is 1.06. The van der Waals surface area contributed by atoms with E-state index in [1.807, 2.05) is 17.8 Å². The molecule has 0 bridgehead atoms. The minimum Gasteiger partial charge on any atom is -0.379 e. The molecule has 1 aromatic carbocycles. The highest BCUT2D eigenvalue weighted by molar-refractivity contribution is 8.00. The van der Waals surface area contributed by atoms with Gasteiger partial charge in [0.25, 0.3) is 0 Å². The van der Waals surface area contributed by atoms with E-state index < -0.39 is 0 Å². The molecule has 0 aromatic heterocycles. The van der Waals surface area contributed by atoms with Gasteiger partial charge in [0.1, 0.15) is 0 Å². The maximum Gasteiger partial charge on any atom is 0.0608 e. The van der Waals surface area contributed by atoms with Crippen LogP contribution in [0.4, 0.5) is 0 Å². The lowest BCUT2D eigenvalue weighted by atomic mass is 10.1. The number of rotatable bonds is 4. The zero-order valence-corrected chi connectivity index (χ0v) is 8.87. The van der Waals surface area contributed by atoms with Crippen LogP contribution in [-0.2, 0) is 4.74 Å². The maximum atomic E-state index is 5.77. The van der Waals surface area contributed by atoms with Gasteiger partial charge in [-0.15, -0.1) is 11.8 Å². The molecule has 0 amide bonds. The molecule has 0 saturated carbocycles. The van der Waals surface area contributed by atoms with Crippen molar-refractivity contribution in [2.24, 2.45) is 5.73 Å². The van der Waals surface area contributed by atoms with E-state index >= 15 is 0 Å². The molecule has 76 valence electrons. The first-order valence-corrected chi connectivity index (χ1v) is 5.82. The molecule has 2 rings (SSSR count). The van der Waals surface area contributed by atoms with Crippen molar-refractivity contribution in [3.8, 4) is 0 Å². The zero-order valence-electron chi connectivity index (χ0n) is 8.06. The van der Waals surface area contributed by atoms with E-state index in [2.05, 4.69) is 24.3 Å².